The average Bonchev–Trinajstić information content (AvgIpc) is 3.14. The maximum atomic E-state index is 13.8. The zero-order valence-corrected chi connectivity index (χ0v) is 11.6. The summed E-state index contributed by atoms with van der Waals surface area (Å²) < 4.78 is 13.8. The van der Waals surface area contributed by atoms with E-state index in [4.69, 9.17) is 11.6 Å². The van der Waals surface area contributed by atoms with Gasteiger partial charge < -0.3 is 5.32 Å². The zero-order valence-electron chi connectivity index (χ0n) is 10.9. The van der Waals surface area contributed by atoms with Crippen molar-refractivity contribution in [1.82, 2.24) is 5.32 Å². The first kappa shape index (κ1) is 13.8. The summed E-state index contributed by atoms with van der Waals surface area (Å²) in [6, 6.07) is 5.28. The highest BCUT2D eigenvalue weighted by Crippen LogP contribution is 2.34. The van der Waals surface area contributed by atoms with Crippen LogP contribution in [-0.4, -0.2) is 12.6 Å². The van der Waals surface area contributed by atoms with Crippen molar-refractivity contribution in [3.05, 3.63) is 34.6 Å². The highest BCUT2D eigenvalue weighted by Gasteiger charge is 2.26. The summed E-state index contributed by atoms with van der Waals surface area (Å²) >= 11 is 6.09. The molecule has 1 aliphatic carbocycles. The van der Waals surface area contributed by atoms with Crippen LogP contribution in [0, 0.1) is 11.7 Å². The molecule has 100 valence electrons. The van der Waals surface area contributed by atoms with Gasteiger partial charge in [0.25, 0.3) is 0 Å². The Kier molecular flexibility index (Phi) is 5.02. The van der Waals surface area contributed by atoms with Gasteiger partial charge in [-0.05, 0) is 43.9 Å². The molecule has 0 radical (unpaired) electrons. The van der Waals surface area contributed by atoms with Crippen LogP contribution in [0.4, 0.5) is 4.39 Å². The third kappa shape index (κ3) is 3.96. The SMILES string of the molecule is CCCNC(Cc1c(F)cccc1Cl)CC1CC1. The summed E-state index contributed by atoms with van der Waals surface area (Å²) in [4.78, 5) is 0. The predicted molar refractivity (Wildman–Crippen MR) is 74.5 cm³/mol. The third-order valence-corrected chi connectivity index (χ3v) is 3.86. The second kappa shape index (κ2) is 6.53. The Morgan fingerprint density at radius 2 is 2.22 bits per heavy atom. The first-order valence-corrected chi connectivity index (χ1v) is 7.24. The minimum absolute atomic E-state index is 0.179. The van der Waals surface area contributed by atoms with Gasteiger partial charge in [-0.25, -0.2) is 4.39 Å². The van der Waals surface area contributed by atoms with E-state index in [9.17, 15) is 4.39 Å². The third-order valence-electron chi connectivity index (χ3n) is 3.51. The van der Waals surface area contributed by atoms with E-state index in [1.807, 2.05) is 0 Å². The van der Waals surface area contributed by atoms with Gasteiger partial charge in [-0.1, -0.05) is 37.4 Å². The number of hydrogen-bond donors (Lipinski definition) is 1. The van der Waals surface area contributed by atoms with Crippen LogP contribution >= 0.6 is 11.6 Å². The summed E-state index contributed by atoms with van der Waals surface area (Å²) in [5, 5.41) is 4.07. The molecule has 0 amide bonds. The number of benzene rings is 1. The maximum absolute atomic E-state index is 13.8. The van der Waals surface area contributed by atoms with Crippen molar-refractivity contribution >= 4 is 11.6 Å². The van der Waals surface area contributed by atoms with E-state index in [2.05, 4.69) is 12.2 Å². The van der Waals surface area contributed by atoms with Crippen molar-refractivity contribution < 1.29 is 4.39 Å². The topological polar surface area (TPSA) is 12.0 Å². The van der Waals surface area contributed by atoms with Crippen LogP contribution < -0.4 is 5.32 Å². The molecule has 1 nitrogen and oxygen atoms in total. The Balaban J connectivity index is 2.01. The lowest BCUT2D eigenvalue weighted by atomic mass is 10.0. The van der Waals surface area contributed by atoms with Crippen LogP contribution in [0.3, 0.4) is 0 Å². The molecule has 18 heavy (non-hydrogen) atoms. The molecule has 1 atom stereocenters. The molecule has 0 spiro atoms. The fraction of sp³-hybridized carbons (Fsp3) is 0.600. The number of rotatable bonds is 7. The van der Waals surface area contributed by atoms with Crippen LogP contribution in [0.5, 0.6) is 0 Å². The van der Waals surface area contributed by atoms with E-state index in [1.165, 1.54) is 18.9 Å². The fourth-order valence-electron chi connectivity index (χ4n) is 2.32. The summed E-state index contributed by atoms with van der Waals surface area (Å²) in [6.07, 6.45) is 5.60. The standard InChI is InChI=1S/C15H21ClFN/c1-2-8-18-12(9-11-6-7-11)10-13-14(16)4-3-5-15(13)17/h3-5,11-12,18H,2,6-10H2,1H3. The fourth-order valence-corrected chi connectivity index (χ4v) is 2.56. The zero-order chi connectivity index (χ0) is 13.0. The predicted octanol–water partition coefficient (Wildman–Crippen LogP) is 4.19. The number of halogens is 2. The Labute approximate surface area is 114 Å². The van der Waals surface area contributed by atoms with Crippen LogP contribution in [-0.2, 0) is 6.42 Å². The van der Waals surface area contributed by atoms with Crippen LogP contribution in [0.1, 0.15) is 38.2 Å². The summed E-state index contributed by atoms with van der Waals surface area (Å²) in [6.45, 7) is 3.14. The lowest BCUT2D eigenvalue weighted by molar-refractivity contribution is 0.447. The molecule has 1 saturated carbocycles. The Hall–Kier alpha value is -0.600. The van der Waals surface area contributed by atoms with Crippen LogP contribution in [0.25, 0.3) is 0 Å². The van der Waals surface area contributed by atoms with Gasteiger partial charge >= 0.3 is 0 Å². The van der Waals surface area contributed by atoms with Crippen LogP contribution in [0.15, 0.2) is 18.2 Å². The Morgan fingerprint density at radius 3 is 2.83 bits per heavy atom. The van der Waals surface area contributed by atoms with Gasteiger partial charge in [0, 0.05) is 16.6 Å². The molecule has 0 aromatic heterocycles. The molecule has 1 fully saturated rings. The summed E-state index contributed by atoms with van der Waals surface area (Å²) in [5.74, 6) is 0.659. The van der Waals surface area contributed by atoms with E-state index in [0.717, 1.165) is 25.3 Å². The van der Waals surface area contributed by atoms with E-state index in [1.54, 1.807) is 12.1 Å². The highest BCUT2D eigenvalue weighted by molar-refractivity contribution is 6.31. The smallest absolute Gasteiger partial charge is 0.127 e. The lowest BCUT2D eigenvalue weighted by Gasteiger charge is -2.19. The molecule has 1 aromatic carbocycles. The maximum Gasteiger partial charge on any atom is 0.127 e. The van der Waals surface area contributed by atoms with Gasteiger partial charge in [0.2, 0.25) is 0 Å². The molecule has 0 bridgehead atoms. The van der Waals surface area contributed by atoms with Gasteiger partial charge in [-0.3, -0.25) is 0 Å². The molecular formula is C15H21ClFN. The monoisotopic (exact) mass is 269 g/mol. The summed E-state index contributed by atoms with van der Waals surface area (Å²) in [5.41, 5.74) is 0.661. The normalized spacial score (nSPS) is 16.8. The Bertz CT molecular complexity index is 370. The number of nitrogens with one attached hydrogen (secondary N) is 1. The number of hydrogen-bond acceptors (Lipinski definition) is 1. The molecule has 1 aromatic rings. The minimum Gasteiger partial charge on any atom is -0.314 e. The summed E-state index contributed by atoms with van der Waals surface area (Å²) in [7, 11) is 0. The first-order valence-electron chi connectivity index (χ1n) is 6.87. The molecule has 1 unspecified atom stereocenters. The van der Waals surface area contributed by atoms with Crippen LogP contribution in [0.2, 0.25) is 5.02 Å². The van der Waals surface area contributed by atoms with Gasteiger partial charge in [0.05, 0.1) is 0 Å². The van der Waals surface area contributed by atoms with Crippen molar-refractivity contribution in [3.63, 3.8) is 0 Å². The average molecular weight is 270 g/mol. The largest absolute Gasteiger partial charge is 0.314 e. The minimum atomic E-state index is -0.179. The molecule has 1 N–H and O–H groups in total. The quantitative estimate of drug-likeness (QED) is 0.783. The Morgan fingerprint density at radius 1 is 1.44 bits per heavy atom. The molecule has 0 heterocycles. The second-order valence-corrected chi connectivity index (χ2v) is 5.64. The molecule has 3 heteroatoms. The van der Waals surface area contributed by atoms with Crippen molar-refractivity contribution in [2.45, 2.75) is 45.1 Å². The molecule has 1 aliphatic rings. The van der Waals surface area contributed by atoms with Gasteiger partial charge in [-0.2, -0.15) is 0 Å². The second-order valence-electron chi connectivity index (χ2n) is 5.23. The van der Waals surface area contributed by atoms with Crippen molar-refractivity contribution in [2.75, 3.05) is 6.54 Å². The van der Waals surface area contributed by atoms with Crippen molar-refractivity contribution in [3.8, 4) is 0 Å². The van der Waals surface area contributed by atoms with E-state index in [0.29, 0.717) is 23.0 Å². The van der Waals surface area contributed by atoms with Gasteiger partial charge in [0.15, 0.2) is 0 Å². The molecule has 0 saturated heterocycles. The van der Waals surface area contributed by atoms with E-state index >= 15 is 0 Å². The molecular weight excluding hydrogens is 249 g/mol. The molecule has 2 rings (SSSR count). The van der Waals surface area contributed by atoms with E-state index in [-0.39, 0.29) is 5.82 Å². The van der Waals surface area contributed by atoms with Gasteiger partial charge in [0.1, 0.15) is 5.82 Å². The molecule has 0 aliphatic heterocycles. The van der Waals surface area contributed by atoms with E-state index < -0.39 is 0 Å². The van der Waals surface area contributed by atoms with Crippen molar-refractivity contribution in [2.24, 2.45) is 5.92 Å². The highest BCUT2D eigenvalue weighted by atomic mass is 35.5. The lowest BCUT2D eigenvalue weighted by Crippen LogP contribution is -2.32. The van der Waals surface area contributed by atoms with Crippen molar-refractivity contribution in [1.29, 1.82) is 0 Å². The van der Waals surface area contributed by atoms with Gasteiger partial charge in [-0.15, -0.1) is 0 Å². The first-order chi connectivity index (χ1) is 8.70.